The Bertz CT molecular complexity index is 635. The monoisotopic (exact) mass is 285 g/mol. The zero-order chi connectivity index (χ0) is 15.4. The standard InChI is InChI=1S/C17H19NO3/c1-11-9-14(17(20)21)5-8-16(11)18-12(2)10-13-3-6-15(19)7-4-13/h3-9,12,18-19H,10H2,1-2H3,(H,20,21). The molecule has 2 aromatic rings. The Labute approximate surface area is 124 Å². The van der Waals surface area contributed by atoms with Crippen LogP contribution in [0.1, 0.15) is 28.4 Å². The average Bonchev–Trinajstić information content (AvgIpc) is 2.43. The number of aromatic carboxylic acids is 1. The van der Waals surface area contributed by atoms with Crippen LogP contribution in [0.2, 0.25) is 0 Å². The summed E-state index contributed by atoms with van der Waals surface area (Å²) in [7, 11) is 0. The van der Waals surface area contributed by atoms with E-state index in [1.54, 1.807) is 30.3 Å². The molecule has 0 heterocycles. The minimum Gasteiger partial charge on any atom is -0.508 e. The van der Waals surface area contributed by atoms with E-state index >= 15 is 0 Å². The number of carbonyl (C=O) groups is 1. The van der Waals surface area contributed by atoms with E-state index < -0.39 is 5.97 Å². The molecule has 1 atom stereocenters. The number of hydrogen-bond acceptors (Lipinski definition) is 3. The van der Waals surface area contributed by atoms with Gasteiger partial charge in [0.05, 0.1) is 5.56 Å². The highest BCUT2D eigenvalue weighted by atomic mass is 16.4. The van der Waals surface area contributed by atoms with Crippen LogP contribution in [0.3, 0.4) is 0 Å². The number of carboxylic acid groups (broad SMARTS) is 1. The molecule has 0 fully saturated rings. The van der Waals surface area contributed by atoms with Crippen molar-refractivity contribution in [3.05, 3.63) is 59.2 Å². The maximum Gasteiger partial charge on any atom is 0.335 e. The van der Waals surface area contributed by atoms with Gasteiger partial charge in [-0.05, 0) is 61.7 Å². The molecule has 110 valence electrons. The van der Waals surface area contributed by atoms with Crippen molar-refractivity contribution in [3.8, 4) is 5.75 Å². The number of hydrogen-bond donors (Lipinski definition) is 3. The highest BCUT2D eigenvalue weighted by molar-refractivity contribution is 5.88. The van der Waals surface area contributed by atoms with Crippen LogP contribution < -0.4 is 5.32 Å². The Balaban J connectivity index is 2.04. The summed E-state index contributed by atoms with van der Waals surface area (Å²) in [6, 6.07) is 12.4. The van der Waals surface area contributed by atoms with Crippen molar-refractivity contribution in [2.45, 2.75) is 26.3 Å². The molecule has 2 rings (SSSR count). The summed E-state index contributed by atoms with van der Waals surface area (Å²) >= 11 is 0. The molecule has 0 spiro atoms. The predicted molar refractivity (Wildman–Crippen MR) is 83.0 cm³/mol. The quantitative estimate of drug-likeness (QED) is 0.787. The van der Waals surface area contributed by atoms with E-state index in [0.29, 0.717) is 5.56 Å². The van der Waals surface area contributed by atoms with Crippen LogP contribution in [0, 0.1) is 6.92 Å². The van der Waals surface area contributed by atoms with Crippen molar-refractivity contribution in [2.75, 3.05) is 5.32 Å². The Morgan fingerprint density at radius 3 is 2.43 bits per heavy atom. The van der Waals surface area contributed by atoms with Crippen LogP contribution in [0.5, 0.6) is 5.75 Å². The van der Waals surface area contributed by atoms with Crippen molar-refractivity contribution in [3.63, 3.8) is 0 Å². The van der Waals surface area contributed by atoms with Crippen LogP contribution in [0.15, 0.2) is 42.5 Å². The summed E-state index contributed by atoms with van der Waals surface area (Å²) in [6.45, 7) is 3.96. The van der Waals surface area contributed by atoms with Gasteiger partial charge in [-0.3, -0.25) is 0 Å². The highest BCUT2D eigenvalue weighted by Gasteiger charge is 2.08. The fourth-order valence-electron chi connectivity index (χ4n) is 2.26. The third-order valence-corrected chi connectivity index (χ3v) is 3.35. The second kappa shape index (κ2) is 6.31. The zero-order valence-corrected chi connectivity index (χ0v) is 12.1. The Kier molecular flexibility index (Phi) is 4.48. The Morgan fingerprint density at radius 2 is 1.86 bits per heavy atom. The molecule has 2 aromatic carbocycles. The molecule has 0 amide bonds. The summed E-state index contributed by atoms with van der Waals surface area (Å²) < 4.78 is 0. The molecule has 0 aliphatic heterocycles. The van der Waals surface area contributed by atoms with Gasteiger partial charge in [-0.25, -0.2) is 4.79 Å². The van der Waals surface area contributed by atoms with E-state index in [-0.39, 0.29) is 11.8 Å². The average molecular weight is 285 g/mol. The summed E-state index contributed by atoms with van der Waals surface area (Å²) in [4.78, 5) is 10.9. The van der Waals surface area contributed by atoms with E-state index in [2.05, 4.69) is 12.2 Å². The third kappa shape index (κ3) is 3.99. The van der Waals surface area contributed by atoms with Crippen molar-refractivity contribution in [1.29, 1.82) is 0 Å². The van der Waals surface area contributed by atoms with E-state index in [1.807, 2.05) is 19.1 Å². The topological polar surface area (TPSA) is 69.6 Å². The Hall–Kier alpha value is -2.49. The van der Waals surface area contributed by atoms with Gasteiger partial charge in [-0.2, -0.15) is 0 Å². The number of carboxylic acids is 1. The first-order chi connectivity index (χ1) is 9.95. The van der Waals surface area contributed by atoms with Crippen molar-refractivity contribution in [1.82, 2.24) is 0 Å². The first-order valence-electron chi connectivity index (χ1n) is 6.84. The zero-order valence-electron chi connectivity index (χ0n) is 12.1. The van der Waals surface area contributed by atoms with Gasteiger partial charge >= 0.3 is 5.97 Å². The molecule has 1 unspecified atom stereocenters. The van der Waals surface area contributed by atoms with E-state index in [9.17, 15) is 9.90 Å². The van der Waals surface area contributed by atoms with Gasteiger partial charge in [0.15, 0.2) is 0 Å². The van der Waals surface area contributed by atoms with Gasteiger partial charge in [0, 0.05) is 11.7 Å². The number of benzene rings is 2. The van der Waals surface area contributed by atoms with Gasteiger partial charge in [-0.1, -0.05) is 12.1 Å². The molecule has 0 bridgehead atoms. The van der Waals surface area contributed by atoms with Crippen molar-refractivity contribution >= 4 is 11.7 Å². The normalized spacial score (nSPS) is 11.9. The SMILES string of the molecule is Cc1cc(C(=O)O)ccc1NC(C)Cc1ccc(O)cc1. The van der Waals surface area contributed by atoms with Crippen LogP contribution >= 0.6 is 0 Å². The maximum atomic E-state index is 10.9. The second-order valence-corrected chi connectivity index (χ2v) is 5.25. The van der Waals surface area contributed by atoms with E-state index in [0.717, 1.165) is 23.2 Å². The van der Waals surface area contributed by atoms with Gasteiger partial charge in [-0.15, -0.1) is 0 Å². The van der Waals surface area contributed by atoms with Crippen LogP contribution in [-0.2, 0) is 6.42 Å². The molecule has 4 heteroatoms. The lowest BCUT2D eigenvalue weighted by molar-refractivity contribution is 0.0697. The molecule has 0 saturated heterocycles. The third-order valence-electron chi connectivity index (χ3n) is 3.35. The number of aromatic hydroxyl groups is 1. The molecule has 3 N–H and O–H groups in total. The number of anilines is 1. The summed E-state index contributed by atoms with van der Waals surface area (Å²) in [5, 5.41) is 21.6. The number of rotatable bonds is 5. The Morgan fingerprint density at radius 1 is 1.19 bits per heavy atom. The molecule has 0 saturated carbocycles. The maximum absolute atomic E-state index is 10.9. The number of phenolic OH excluding ortho intramolecular Hbond substituents is 1. The van der Waals surface area contributed by atoms with E-state index in [4.69, 9.17) is 5.11 Å². The molecule has 21 heavy (non-hydrogen) atoms. The number of nitrogens with one attached hydrogen (secondary N) is 1. The van der Waals surface area contributed by atoms with E-state index in [1.165, 1.54) is 0 Å². The molecule has 0 radical (unpaired) electrons. The molecule has 4 nitrogen and oxygen atoms in total. The van der Waals surface area contributed by atoms with Gasteiger partial charge in [0.25, 0.3) is 0 Å². The first-order valence-corrected chi connectivity index (χ1v) is 6.84. The van der Waals surface area contributed by atoms with Gasteiger partial charge < -0.3 is 15.5 Å². The number of aryl methyl sites for hydroxylation is 1. The van der Waals surface area contributed by atoms with Gasteiger partial charge in [0.1, 0.15) is 5.75 Å². The predicted octanol–water partition coefficient (Wildman–Crippen LogP) is 3.44. The molecular formula is C17H19NO3. The second-order valence-electron chi connectivity index (χ2n) is 5.25. The fourth-order valence-corrected chi connectivity index (χ4v) is 2.26. The highest BCUT2D eigenvalue weighted by Crippen LogP contribution is 2.19. The van der Waals surface area contributed by atoms with Crippen LogP contribution in [-0.4, -0.2) is 22.2 Å². The largest absolute Gasteiger partial charge is 0.508 e. The lowest BCUT2D eigenvalue weighted by atomic mass is 10.1. The summed E-state index contributed by atoms with van der Waals surface area (Å²) in [6.07, 6.45) is 0.820. The molecular weight excluding hydrogens is 266 g/mol. The van der Waals surface area contributed by atoms with Crippen molar-refractivity contribution < 1.29 is 15.0 Å². The smallest absolute Gasteiger partial charge is 0.335 e. The summed E-state index contributed by atoms with van der Waals surface area (Å²) in [5.41, 5.74) is 3.27. The lowest BCUT2D eigenvalue weighted by Gasteiger charge is -2.17. The molecule has 0 aliphatic carbocycles. The van der Waals surface area contributed by atoms with Crippen LogP contribution in [0.4, 0.5) is 5.69 Å². The lowest BCUT2D eigenvalue weighted by Crippen LogP contribution is -2.18. The van der Waals surface area contributed by atoms with Crippen LogP contribution in [0.25, 0.3) is 0 Å². The minimum absolute atomic E-state index is 0.198. The van der Waals surface area contributed by atoms with Gasteiger partial charge in [0.2, 0.25) is 0 Å². The van der Waals surface area contributed by atoms with Crippen molar-refractivity contribution in [2.24, 2.45) is 0 Å². The molecule has 0 aliphatic rings. The minimum atomic E-state index is -0.915. The first kappa shape index (κ1) is 14.9. The fraction of sp³-hybridized carbons (Fsp3) is 0.235. The summed E-state index contributed by atoms with van der Waals surface area (Å²) in [5.74, 6) is -0.652. The molecule has 0 aromatic heterocycles. The number of phenols is 1.